The van der Waals surface area contributed by atoms with Gasteiger partial charge >= 0.3 is 6.18 Å². The third-order valence-electron chi connectivity index (χ3n) is 4.01. The van der Waals surface area contributed by atoms with Crippen molar-refractivity contribution in [2.75, 3.05) is 31.1 Å². The van der Waals surface area contributed by atoms with Gasteiger partial charge in [0.2, 0.25) is 0 Å². The lowest BCUT2D eigenvalue weighted by Gasteiger charge is -2.21. The maximum absolute atomic E-state index is 13.9. The minimum atomic E-state index is -4.50. The molecule has 2 saturated heterocycles. The van der Waals surface area contributed by atoms with Crippen LogP contribution in [0.5, 0.6) is 0 Å². The number of hydrogen-bond acceptors (Lipinski definition) is 2. The van der Waals surface area contributed by atoms with Crippen LogP contribution in [0.2, 0.25) is 0 Å². The van der Waals surface area contributed by atoms with Crippen molar-refractivity contribution in [3.05, 3.63) is 29.6 Å². The topological polar surface area (TPSA) is 15.3 Å². The van der Waals surface area contributed by atoms with Crippen molar-refractivity contribution < 1.29 is 17.6 Å². The zero-order valence-corrected chi connectivity index (χ0v) is 10.2. The van der Waals surface area contributed by atoms with Crippen LogP contribution in [0.25, 0.3) is 0 Å². The molecule has 1 aromatic rings. The number of benzene rings is 1. The SMILES string of the molecule is Fc1cc(C(F)(F)F)ccc1N1CC2CNCC2C1. The summed E-state index contributed by atoms with van der Waals surface area (Å²) in [5.74, 6) is 0.158. The van der Waals surface area contributed by atoms with Crippen LogP contribution in [0.4, 0.5) is 23.2 Å². The molecule has 0 aliphatic carbocycles. The number of alkyl halides is 3. The Kier molecular flexibility index (Phi) is 2.92. The molecule has 2 unspecified atom stereocenters. The molecule has 6 heteroatoms. The van der Waals surface area contributed by atoms with Gasteiger partial charge in [-0.3, -0.25) is 0 Å². The summed E-state index contributed by atoms with van der Waals surface area (Å²) in [6.45, 7) is 3.23. The highest BCUT2D eigenvalue weighted by Crippen LogP contribution is 2.35. The summed E-state index contributed by atoms with van der Waals surface area (Å²) in [6, 6.07) is 2.78. The van der Waals surface area contributed by atoms with E-state index >= 15 is 0 Å². The van der Waals surface area contributed by atoms with E-state index in [0.29, 0.717) is 31.0 Å². The molecule has 2 fully saturated rings. The molecule has 0 spiro atoms. The normalized spacial score (nSPS) is 26.8. The van der Waals surface area contributed by atoms with E-state index in [1.165, 1.54) is 6.07 Å². The van der Waals surface area contributed by atoms with E-state index in [-0.39, 0.29) is 5.69 Å². The first-order valence-corrected chi connectivity index (χ1v) is 6.27. The highest BCUT2D eigenvalue weighted by Gasteiger charge is 2.37. The second kappa shape index (κ2) is 4.37. The summed E-state index contributed by atoms with van der Waals surface area (Å²) in [7, 11) is 0. The molecular weight excluding hydrogens is 260 g/mol. The fraction of sp³-hybridized carbons (Fsp3) is 0.538. The van der Waals surface area contributed by atoms with Gasteiger partial charge in [0.1, 0.15) is 5.82 Å². The first kappa shape index (κ1) is 12.7. The van der Waals surface area contributed by atoms with Crippen molar-refractivity contribution in [3.8, 4) is 0 Å². The molecule has 2 aliphatic heterocycles. The second-order valence-electron chi connectivity index (χ2n) is 5.25. The van der Waals surface area contributed by atoms with Crippen LogP contribution in [0, 0.1) is 17.7 Å². The van der Waals surface area contributed by atoms with Crippen LogP contribution in [0.15, 0.2) is 18.2 Å². The Bertz CT molecular complexity index is 474. The molecule has 104 valence electrons. The number of anilines is 1. The van der Waals surface area contributed by atoms with E-state index in [4.69, 9.17) is 0 Å². The lowest BCUT2D eigenvalue weighted by molar-refractivity contribution is -0.137. The first-order valence-electron chi connectivity index (χ1n) is 6.27. The lowest BCUT2D eigenvalue weighted by atomic mass is 10.0. The van der Waals surface area contributed by atoms with Crippen LogP contribution >= 0.6 is 0 Å². The molecule has 2 aliphatic rings. The quantitative estimate of drug-likeness (QED) is 0.792. The van der Waals surface area contributed by atoms with Gasteiger partial charge in [0.25, 0.3) is 0 Å². The fourth-order valence-corrected chi connectivity index (χ4v) is 2.99. The summed E-state index contributed by atoms with van der Waals surface area (Å²) in [5.41, 5.74) is -0.655. The first-order chi connectivity index (χ1) is 8.95. The molecule has 3 rings (SSSR count). The van der Waals surface area contributed by atoms with Crippen LogP contribution in [-0.2, 0) is 6.18 Å². The Hall–Kier alpha value is -1.30. The van der Waals surface area contributed by atoms with Gasteiger partial charge in [-0.25, -0.2) is 4.39 Å². The van der Waals surface area contributed by atoms with Crippen molar-refractivity contribution in [1.29, 1.82) is 0 Å². The predicted molar refractivity (Wildman–Crippen MR) is 63.5 cm³/mol. The van der Waals surface area contributed by atoms with Crippen LogP contribution < -0.4 is 10.2 Å². The maximum atomic E-state index is 13.9. The predicted octanol–water partition coefficient (Wildman–Crippen LogP) is 2.50. The largest absolute Gasteiger partial charge is 0.416 e. The van der Waals surface area contributed by atoms with Gasteiger partial charge in [-0.1, -0.05) is 0 Å². The second-order valence-corrected chi connectivity index (χ2v) is 5.25. The molecule has 1 N–H and O–H groups in total. The number of nitrogens with zero attached hydrogens (tertiary/aromatic N) is 1. The van der Waals surface area contributed by atoms with Gasteiger partial charge in [0.15, 0.2) is 0 Å². The van der Waals surface area contributed by atoms with Crippen molar-refractivity contribution in [2.45, 2.75) is 6.18 Å². The molecule has 19 heavy (non-hydrogen) atoms. The van der Waals surface area contributed by atoms with E-state index in [1.807, 2.05) is 4.90 Å². The van der Waals surface area contributed by atoms with Gasteiger partial charge < -0.3 is 10.2 Å². The van der Waals surface area contributed by atoms with Gasteiger partial charge in [-0.05, 0) is 30.0 Å². The molecule has 0 saturated carbocycles. The highest BCUT2D eigenvalue weighted by molar-refractivity contribution is 5.51. The minimum absolute atomic E-state index is 0.280. The summed E-state index contributed by atoms with van der Waals surface area (Å²) in [6.07, 6.45) is -4.50. The third kappa shape index (κ3) is 2.29. The van der Waals surface area contributed by atoms with Gasteiger partial charge in [-0.2, -0.15) is 13.2 Å². The van der Waals surface area contributed by atoms with Crippen LogP contribution in [-0.4, -0.2) is 26.2 Å². The number of nitrogens with one attached hydrogen (secondary N) is 1. The summed E-state index contributed by atoms with van der Waals surface area (Å²) < 4.78 is 51.3. The van der Waals surface area contributed by atoms with Crippen molar-refractivity contribution >= 4 is 5.69 Å². The Morgan fingerprint density at radius 2 is 1.74 bits per heavy atom. The molecule has 2 heterocycles. The van der Waals surface area contributed by atoms with E-state index in [2.05, 4.69) is 5.32 Å². The third-order valence-corrected chi connectivity index (χ3v) is 4.01. The fourth-order valence-electron chi connectivity index (χ4n) is 2.99. The molecule has 0 radical (unpaired) electrons. The molecule has 0 amide bonds. The molecule has 0 aromatic heterocycles. The summed E-state index contributed by atoms with van der Waals surface area (Å²) in [5, 5.41) is 3.27. The van der Waals surface area contributed by atoms with Crippen molar-refractivity contribution in [1.82, 2.24) is 5.32 Å². The Morgan fingerprint density at radius 3 is 2.26 bits per heavy atom. The number of rotatable bonds is 1. The van der Waals surface area contributed by atoms with Crippen LogP contribution in [0.1, 0.15) is 5.56 Å². The monoisotopic (exact) mass is 274 g/mol. The standard InChI is InChI=1S/C13H14F4N2/c14-11-3-10(13(15,16)17)1-2-12(11)19-6-8-4-18-5-9(8)7-19/h1-3,8-9,18H,4-7H2. The molecule has 2 nitrogen and oxygen atoms in total. The average Bonchev–Trinajstić information content (AvgIpc) is 2.87. The smallest absolute Gasteiger partial charge is 0.368 e. The Morgan fingerprint density at radius 1 is 1.11 bits per heavy atom. The minimum Gasteiger partial charge on any atom is -0.368 e. The van der Waals surface area contributed by atoms with Gasteiger partial charge in [0.05, 0.1) is 11.3 Å². The van der Waals surface area contributed by atoms with Gasteiger partial charge in [0, 0.05) is 26.2 Å². The maximum Gasteiger partial charge on any atom is 0.416 e. The summed E-state index contributed by atoms with van der Waals surface area (Å²) >= 11 is 0. The highest BCUT2D eigenvalue weighted by atomic mass is 19.4. The van der Waals surface area contributed by atoms with E-state index in [0.717, 1.165) is 19.2 Å². The Labute approximate surface area is 108 Å². The number of fused-ring (bicyclic) bond motifs is 1. The molecule has 0 bridgehead atoms. The van der Waals surface area contributed by atoms with E-state index < -0.39 is 17.6 Å². The average molecular weight is 274 g/mol. The summed E-state index contributed by atoms with van der Waals surface area (Å²) in [4.78, 5) is 1.85. The number of hydrogen-bond donors (Lipinski definition) is 1. The van der Waals surface area contributed by atoms with Gasteiger partial charge in [-0.15, -0.1) is 0 Å². The molecular formula is C13H14F4N2. The Balaban J connectivity index is 1.82. The number of halogens is 4. The zero-order valence-electron chi connectivity index (χ0n) is 10.2. The van der Waals surface area contributed by atoms with Crippen molar-refractivity contribution in [3.63, 3.8) is 0 Å². The molecule has 2 atom stereocenters. The lowest BCUT2D eigenvalue weighted by Crippen LogP contribution is -2.26. The zero-order chi connectivity index (χ0) is 13.6. The molecule has 1 aromatic carbocycles. The van der Waals surface area contributed by atoms with Crippen molar-refractivity contribution in [2.24, 2.45) is 11.8 Å². The van der Waals surface area contributed by atoms with E-state index in [1.54, 1.807) is 0 Å². The van der Waals surface area contributed by atoms with Crippen LogP contribution in [0.3, 0.4) is 0 Å². The van der Waals surface area contributed by atoms with E-state index in [9.17, 15) is 17.6 Å².